The first-order valence-electron chi connectivity index (χ1n) is 15.6. The van der Waals surface area contributed by atoms with E-state index in [-0.39, 0.29) is 25.3 Å². The molecule has 1 amide bonds. The molecule has 3 aromatic carbocycles. The number of halogens is 3. The highest BCUT2D eigenvalue weighted by atomic mass is 19.4. The topological polar surface area (TPSA) is 75.7 Å². The average molecular weight is 617 g/mol. The molecule has 7 rings (SSSR count). The van der Waals surface area contributed by atoms with Gasteiger partial charge < -0.3 is 25.0 Å². The number of anilines is 1. The van der Waals surface area contributed by atoms with Gasteiger partial charge in [0.2, 0.25) is 6.79 Å². The first kappa shape index (κ1) is 29.4. The Morgan fingerprint density at radius 2 is 1.64 bits per heavy atom. The second-order valence-electron chi connectivity index (χ2n) is 12.1. The molecule has 2 aliphatic heterocycles. The van der Waals surface area contributed by atoms with Gasteiger partial charge in [-0.15, -0.1) is 0 Å². The number of pyridine rings is 1. The van der Waals surface area contributed by atoms with Crippen LogP contribution in [-0.2, 0) is 12.7 Å². The molecule has 0 spiro atoms. The number of likely N-dealkylation sites (tertiary alicyclic amines) is 1. The molecule has 1 saturated heterocycles. The number of hydrogen-bond acceptors (Lipinski definition) is 6. The number of nitrogens with one attached hydrogen (secondary N) is 2. The summed E-state index contributed by atoms with van der Waals surface area (Å²) in [5.74, 6) is 1.83. The van der Waals surface area contributed by atoms with Crippen molar-refractivity contribution in [3.63, 3.8) is 0 Å². The number of benzene rings is 3. The molecule has 3 heterocycles. The molecule has 1 aromatic heterocycles. The molecule has 10 heteroatoms. The number of hydrogen-bond donors (Lipinski definition) is 2. The number of aromatic nitrogens is 1. The lowest BCUT2D eigenvalue weighted by Crippen LogP contribution is -2.43. The number of nitrogens with zero attached hydrogens (tertiary/aromatic N) is 2. The van der Waals surface area contributed by atoms with Gasteiger partial charge in [0, 0.05) is 37.1 Å². The SMILES string of the molecule is O=C(c1cc(NCc2ccc(C(F)(F)F)cc2)nc2ccc(-c3ccc4c(c3)OCO4)cc12)N1CCC[C@H]1CNC1CCCC1. The summed E-state index contributed by atoms with van der Waals surface area (Å²) in [4.78, 5) is 21.1. The fourth-order valence-corrected chi connectivity index (χ4v) is 6.66. The molecule has 1 saturated carbocycles. The maximum absolute atomic E-state index is 14.3. The van der Waals surface area contributed by atoms with Gasteiger partial charge in [-0.1, -0.05) is 37.1 Å². The van der Waals surface area contributed by atoms with E-state index in [9.17, 15) is 18.0 Å². The van der Waals surface area contributed by atoms with Crippen molar-refractivity contribution in [1.82, 2.24) is 15.2 Å². The van der Waals surface area contributed by atoms with Gasteiger partial charge in [-0.25, -0.2) is 4.98 Å². The fourth-order valence-electron chi connectivity index (χ4n) is 6.66. The zero-order valence-electron chi connectivity index (χ0n) is 24.8. The van der Waals surface area contributed by atoms with E-state index >= 15 is 0 Å². The molecule has 0 bridgehead atoms. The van der Waals surface area contributed by atoms with Crippen molar-refractivity contribution in [3.05, 3.63) is 83.4 Å². The van der Waals surface area contributed by atoms with Gasteiger partial charge in [0.1, 0.15) is 5.82 Å². The number of fused-ring (bicyclic) bond motifs is 2. The summed E-state index contributed by atoms with van der Waals surface area (Å²) in [6.45, 7) is 1.92. The first-order valence-corrected chi connectivity index (χ1v) is 15.6. The number of carbonyl (C=O) groups excluding carboxylic acids is 1. The van der Waals surface area contributed by atoms with Gasteiger partial charge in [-0.3, -0.25) is 4.79 Å². The maximum atomic E-state index is 14.3. The zero-order chi connectivity index (χ0) is 31.0. The summed E-state index contributed by atoms with van der Waals surface area (Å²) in [6, 6.07) is 19.1. The summed E-state index contributed by atoms with van der Waals surface area (Å²) >= 11 is 0. The molecular formula is C35H35F3N4O3. The van der Waals surface area contributed by atoms with Gasteiger partial charge >= 0.3 is 6.18 Å². The van der Waals surface area contributed by atoms with Crippen molar-refractivity contribution >= 4 is 22.6 Å². The zero-order valence-corrected chi connectivity index (χ0v) is 24.8. The number of ether oxygens (including phenoxy) is 2. The third kappa shape index (κ3) is 6.29. The Bertz CT molecular complexity index is 1700. The molecule has 4 aromatic rings. The molecular weight excluding hydrogens is 581 g/mol. The van der Waals surface area contributed by atoms with Crippen LogP contribution in [0.4, 0.5) is 19.0 Å². The van der Waals surface area contributed by atoms with Gasteiger partial charge in [0.25, 0.3) is 5.91 Å². The van der Waals surface area contributed by atoms with Crippen LogP contribution in [0.3, 0.4) is 0 Å². The first-order chi connectivity index (χ1) is 21.8. The van der Waals surface area contributed by atoms with E-state index in [1.165, 1.54) is 37.8 Å². The lowest BCUT2D eigenvalue weighted by molar-refractivity contribution is -0.137. The normalized spacial score (nSPS) is 18.2. The molecule has 0 radical (unpaired) electrons. The van der Waals surface area contributed by atoms with Crippen molar-refractivity contribution in [2.45, 2.75) is 63.3 Å². The predicted molar refractivity (Wildman–Crippen MR) is 166 cm³/mol. The number of amides is 1. The second kappa shape index (κ2) is 12.2. The van der Waals surface area contributed by atoms with Crippen LogP contribution in [0, 0.1) is 0 Å². The van der Waals surface area contributed by atoms with Gasteiger partial charge in [0.15, 0.2) is 11.5 Å². The smallest absolute Gasteiger partial charge is 0.416 e. The van der Waals surface area contributed by atoms with Crippen LogP contribution in [0.25, 0.3) is 22.0 Å². The van der Waals surface area contributed by atoms with Crippen LogP contribution in [-0.4, -0.2) is 47.8 Å². The van der Waals surface area contributed by atoms with Crippen LogP contribution in [0.5, 0.6) is 11.5 Å². The average Bonchev–Trinajstić information content (AvgIpc) is 3.84. The minimum absolute atomic E-state index is 0.0430. The highest BCUT2D eigenvalue weighted by Crippen LogP contribution is 2.37. The van der Waals surface area contributed by atoms with Gasteiger partial charge in [0.05, 0.1) is 16.6 Å². The Labute approximate surface area is 259 Å². The molecule has 7 nitrogen and oxygen atoms in total. The number of alkyl halides is 3. The number of rotatable bonds is 8. The quantitative estimate of drug-likeness (QED) is 0.215. The molecule has 1 atom stereocenters. The van der Waals surface area contributed by atoms with Crippen LogP contribution < -0.4 is 20.1 Å². The van der Waals surface area contributed by atoms with Crippen LogP contribution >= 0.6 is 0 Å². The molecule has 2 fully saturated rings. The third-order valence-corrected chi connectivity index (χ3v) is 9.14. The molecule has 2 N–H and O–H groups in total. The van der Waals surface area contributed by atoms with Crippen molar-refractivity contribution in [1.29, 1.82) is 0 Å². The van der Waals surface area contributed by atoms with E-state index in [0.717, 1.165) is 48.0 Å². The van der Waals surface area contributed by atoms with Crippen LogP contribution in [0.1, 0.15) is 60.0 Å². The summed E-state index contributed by atoms with van der Waals surface area (Å²) in [5, 5.41) is 7.68. The Morgan fingerprint density at radius 1 is 0.889 bits per heavy atom. The van der Waals surface area contributed by atoms with Gasteiger partial charge in [-0.05, 0) is 84.8 Å². The minimum atomic E-state index is -4.39. The van der Waals surface area contributed by atoms with Crippen molar-refractivity contribution in [3.8, 4) is 22.6 Å². The lowest BCUT2D eigenvalue weighted by atomic mass is 9.99. The Morgan fingerprint density at radius 3 is 2.44 bits per heavy atom. The van der Waals surface area contributed by atoms with E-state index < -0.39 is 11.7 Å². The van der Waals surface area contributed by atoms with Crippen molar-refractivity contribution < 1.29 is 27.4 Å². The standard InChI is InChI=1S/C35H35F3N4O3/c36-35(37,38)25-11-7-22(8-12-25)19-40-33-18-29(34(43)42-15-3-6-27(42)20-39-26-4-1-2-5-26)28-16-23(9-13-30(28)41-33)24-10-14-31-32(17-24)45-21-44-31/h7-14,16-18,26-27,39H,1-6,15,19-21H2,(H,40,41)/t27-/m0/s1. The largest absolute Gasteiger partial charge is 0.454 e. The molecule has 1 aliphatic carbocycles. The molecule has 3 aliphatic rings. The highest BCUT2D eigenvalue weighted by molar-refractivity contribution is 6.08. The van der Waals surface area contributed by atoms with Crippen LogP contribution in [0.15, 0.2) is 66.7 Å². The summed E-state index contributed by atoms with van der Waals surface area (Å²) in [7, 11) is 0. The Kier molecular flexibility index (Phi) is 7.99. The Balaban J connectivity index is 1.20. The monoisotopic (exact) mass is 616 g/mol. The Hall–Kier alpha value is -4.31. The minimum Gasteiger partial charge on any atom is -0.454 e. The summed E-state index contributed by atoms with van der Waals surface area (Å²) in [5.41, 5.74) is 3.04. The maximum Gasteiger partial charge on any atom is 0.416 e. The van der Waals surface area contributed by atoms with Crippen LogP contribution in [0.2, 0.25) is 0 Å². The summed E-state index contributed by atoms with van der Waals surface area (Å²) < 4.78 is 50.2. The second-order valence-corrected chi connectivity index (χ2v) is 12.1. The van der Waals surface area contributed by atoms with E-state index in [0.29, 0.717) is 46.5 Å². The molecule has 0 unspecified atom stereocenters. The third-order valence-electron chi connectivity index (χ3n) is 9.14. The van der Waals surface area contributed by atoms with E-state index in [4.69, 9.17) is 14.5 Å². The van der Waals surface area contributed by atoms with Gasteiger partial charge in [-0.2, -0.15) is 13.2 Å². The predicted octanol–water partition coefficient (Wildman–Crippen LogP) is 7.40. The fraction of sp³-hybridized carbons (Fsp3) is 0.371. The van der Waals surface area contributed by atoms with E-state index in [1.54, 1.807) is 6.07 Å². The molecule has 45 heavy (non-hydrogen) atoms. The van der Waals surface area contributed by atoms with Crippen molar-refractivity contribution in [2.24, 2.45) is 0 Å². The van der Waals surface area contributed by atoms with Crippen molar-refractivity contribution in [2.75, 3.05) is 25.2 Å². The lowest BCUT2D eigenvalue weighted by Gasteiger charge is -2.27. The van der Waals surface area contributed by atoms with E-state index in [2.05, 4.69) is 10.6 Å². The van der Waals surface area contributed by atoms with E-state index in [1.807, 2.05) is 41.3 Å². The summed E-state index contributed by atoms with van der Waals surface area (Å²) in [6.07, 6.45) is 2.40. The number of carbonyl (C=O) groups is 1. The highest BCUT2D eigenvalue weighted by Gasteiger charge is 2.32. The molecule has 234 valence electrons.